The summed E-state index contributed by atoms with van der Waals surface area (Å²) in [5.41, 5.74) is -0.784. The number of benzene rings is 1. The second kappa shape index (κ2) is 6.53. The van der Waals surface area contributed by atoms with Gasteiger partial charge in [-0.3, -0.25) is 10.2 Å². The number of carbonyl (C=O) groups is 1. The SMILES string of the molecule is CN1C(=N)N[C@](C)(c2cc(NC(=O)C3CCCC3)ccc2F)CS1(=O)=O. The van der Waals surface area contributed by atoms with Crippen LogP contribution in [0.15, 0.2) is 18.2 Å². The number of guanidine groups is 1. The molecule has 0 bridgehead atoms. The first-order valence-electron chi connectivity index (χ1n) is 8.57. The summed E-state index contributed by atoms with van der Waals surface area (Å²) in [6, 6.07) is 4.12. The number of amides is 1. The Hall–Kier alpha value is -2.16. The summed E-state index contributed by atoms with van der Waals surface area (Å²) in [4.78, 5) is 12.3. The summed E-state index contributed by atoms with van der Waals surface area (Å²) >= 11 is 0. The van der Waals surface area contributed by atoms with E-state index in [1.165, 1.54) is 32.2 Å². The summed E-state index contributed by atoms with van der Waals surface area (Å²) < 4.78 is 39.9. The van der Waals surface area contributed by atoms with Gasteiger partial charge < -0.3 is 10.6 Å². The maximum atomic E-state index is 14.5. The standard InChI is InChI=1S/C17H23FN4O3S/c1-17(10-26(24,25)22(2)16(19)21-17)13-9-12(7-8-14(13)18)20-15(23)11-5-3-4-6-11/h7-9,11H,3-6,10H2,1-2H3,(H2,19,21)(H,20,23)/t17-/m0/s1. The molecule has 1 saturated carbocycles. The molecule has 26 heavy (non-hydrogen) atoms. The van der Waals surface area contributed by atoms with E-state index in [9.17, 15) is 17.6 Å². The lowest BCUT2D eigenvalue weighted by Crippen LogP contribution is -2.61. The lowest BCUT2D eigenvalue weighted by atomic mass is 9.92. The monoisotopic (exact) mass is 382 g/mol. The van der Waals surface area contributed by atoms with Crippen molar-refractivity contribution < 1.29 is 17.6 Å². The molecule has 1 aromatic rings. The van der Waals surface area contributed by atoms with E-state index in [1.54, 1.807) is 0 Å². The first-order valence-corrected chi connectivity index (χ1v) is 10.2. The van der Waals surface area contributed by atoms with Crippen LogP contribution in [0.2, 0.25) is 0 Å². The molecule has 0 spiro atoms. The fraction of sp³-hybridized carbons (Fsp3) is 0.529. The van der Waals surface area contributed by atoms with Gasteiger partial charge in [-0.25, -0.2) is 17.1 Å². The van der Waals surface area contributed by atoms with E-state index in [2.05, 4.69) is 10.6 Å². The minimum Gasteiger partial charge on any atom is -0.345 e. The molecular weight excluding hydrogens is 359 g/mol. The quantitative estimate of drug-likeness (QED) is 0.744. The van der Waals surface area contributed by atoms with Crippen molar-refractivity contribution in [3.63, 3.8) is 0 Å². The number of hydrogen-bond donors (Lipinski definition) is 3. The molecule has 1 aromatic carbocycles. The van der Waals surface area contributed by atoms with Crippen molar-refractivity contribution in [3.8, 4) is 0 Å². The van der Waals surface area contributed by atoms with E-state index in [4.69, 9.17) is 5.41 Å². The van der Waals surface area contributed by atoms with E-state index in [1.807, 2.05) is 0 Å². The number of anilines is 1. The highest BCUT2D eigenvalue weighted by atomic mass is 32.2. The van der Waals surface area contributed by atoms with Crippen LogP contribution >= 0.6 is 0 Å². The Balaban J connectivity index is 1.90. The topological polar surface area (TPSA) is 102 Å². The van der Waals surface area contributed by atoms with Gasteiger partial charge in [-0.1, -0.05) is 12.8 Å². The Morgan fingerprint density at radius 1 is 1.38 bits per heavy atom. The Labute approximate surface area is 152 Å². The van der Waals surface area contributed by atoms with Crippen LogP contribution in [0.4, 0.5) is 10.1 Å². The average molecular weight is 382 g/mol. The molecule has 1 saturated heterocycles. The maximum Gasteiger partial charge on any atom is 0.239 e. The number of rotatable bonds is 3. The number of hydrogen-bond acceptors (Lipinski definition) is 4. The fourth-order valence-electron chi connectivity index (χ4n) is 3.58. The van der Waals surface area contributed by atoms with Crippen LogP contribution in [0.1, 0.15) is 38.2 Å². The lowest BCUT2D eigenvalue weighted by molar-refractivity contribution is -0.119. The molecule has 1 aliphatic heterocycles. The number of halogens is 1. The van der Waals surface area contributed by atoms with Gasteiger partial charge in [0.25, 0.3) is 0 Å². The summed E-state index contributed by atoms with van der Waals surface area (Å²) in [5, 5.41) is 13.4. The minimum atomic E-state index is -3.74. The lowest BCUT2D eigenvalue weighted by Gasteiger charge is -2.40. The number of sulfonamides is 1. The highest BCUT2D eigenvalue weighted by Crippen LogP contribution is 2.32. The molecule has 1 aliphatic carbocycles. The summed E-state index contributed by atoms with van der Waals surface area (Å²) in [6.45, 7) is 1.53. The number of nitrogens with one attached hydrogen (secondary N) is 3. The van der Waals surface area contributed by atoms with Crippen molar-refractivity contribution in [2.75, 3.05) is 18.1 Å². The zero-order chi connectivity index (χ0) is 19.1. The predicted octanol–water partition coefficient (Wildman–Crippen LogP) is 1.97. The third-order valence-electron chi connectivity index (χ3n) is 5.15. The third-order valence-corrected chi connectivity index (χ3v) is 7.11. The molecule has 1 amide bonds. The van der Waals surface area contributed by atoms with Crippen LogP contribution in [0.25, 0.3) is 0 Å². The van der Waals surface area contributed by atoms with Crippen LogP contribution in [0.3, 0.4) is 0 Å². The van der Waals surface area contributed by atoms with E-state index >= 15 is 0 Å². The van der Waals surface area contributed by atoms with Gasteiger partial charge in [0.1, 0.15) is 5.82 Å². The Bertz CT molecular complexity index is 852. The summed E-state index contributed by atoms with van der Waals surface area (Å²) in [7, 11) is -2.46. The van der Waals surface area contributed by atoms with E-state index in [0.717, 1.165) is 30.0 Å². The maximum absolute atomic E-state index is 14.5. The van der Waals surface area contributed by atoms with Crippen LogP contribution in [0, 0.1) is 17.1 Å². The van der Waals surface area contributed by atoms with Crippen LogP contribution < -0.4 is 10.6 Å². The van der Waals surface area contributed by atoms with Gasteiger partial charge in [-0.15, -0.1) is 0 Å². The van der Waals surface area contributed by atoms with Crippen molar-refractivity contribution in [1.82, 2.24) is 9.62 Å². The summed E-state index contributed by atoms with van der Waals surface area (Å²) in [6.07, 6.45) is 3.76. The molecule has 0 aromatic heterocycles. The largest absolute Gasteiger partial charge is 0.345 e. The first-order chi connectivity index (χ1) is 12.1. The van der Waals surface area contributed by atoms with Crippen molar-refractivity contribution in [2.24, 2.45) is 5.92 Å². The highest BCUT2D eigenvalue weighted by Gasteiger charge is 2.43. The van der Waals surface area contributed by atoms with Gasteiger partial charge in [-0.05, 0) is 38.0 Å². The van der Waals surface area contributed by atoms with E-state index < -0.39 is 27.1 Å². The summed E-state index contributed by atoms with van der Waals surface area (Å²) in [5.74, 6) is -1.43. The van der Waals surface area contributed by atoms with E-state index in [0.29, 0.717) is 5.69 Å². The Kier molecular flexibility index (Phi) is 4.68. The van der Waals surface area contributed by atoms with Crippen molar-refractivity contribution in [3.05, 3.63) is 29.6 Å². The van der Waals surface area contributed by atoms with Crippen molar-refractivity contribution in [2.45, 2.75) is 38.1 Å². The number of carbonyl (C=O) groups excluding carboxylic acids is 1. The normalized spacial score (nSPS) is 25.8. The van der Waals surface area contributed by atoms with E-state index in [-0.39, 0.29) is 23.3 Å². The highest BCUT2D eigenvalue weighted by molar-refractivity contribution is 7.89. The van der Waals surface area contributed by atoms with Crippen LogP contribution in [0.5, 0.6) is 0 Å². The third kappa shape index (κ3) is 3.40. The van der Waals surface area contributed by atoms with Gasteiger partial charge in [-0.2, -0.15) is 0 Å². The molecule has 0 unspecified atom stereocenters. The van der Waals surface area contributed by atoms with Gasteiger partial charge in [0.2, 0.25) is 21.9 Å². The van der Waals surface area contributed by atoms with Crippen LogP contribution in [-0.2, 0) is 20.4 Å². The second-order valence-electron chi connectivity index (χ2n) is 7.19. The van der Waals surface area contributed by atoms with Crippen molar-refractivity contribution in [1.29, 1.82) is 5.41 Å². The zero-order valence-electron chi connectivity index (χ0n) is 14.8. The second-order valence-corrected chi connectivity index (χ2v) is 9.19. The molecule has 1 heterocycles. The first kappa shape index (κ1) is 18.6. The zero-order valence-corrected chi connectivity index (χ0v) is 15.6. The number of nitrogens with zero attached hydrogens (tertiary/aromatic N) is 1. The van der Waals surface area contributed by atoms with Crippen molar-refractivity contribution >= 4 is 27.6 Å². The Morgan fingerprint density at radius 3 is 2.65 bits per heavy atom. The molecule has 0 radical (unpaired) electrons. The molecule has 9 heteroatoms. The smallest absolute Gasteiger partial charge is 0.239 e. The van der Waals surface area contributed by atoms with Gasteiger partial charge in [0, 0.05) is 24.2 Å². The fourth-order valence-corrected chi connectivity index (χ4v) is 5.05. The van der Waals surface area contributed by atoms with Gasteiger partial charge >= 0.3 is 0 Å². The average Bonchev–Trinajstić information content (AvgIpc) is 3.08. The molecule has 7 nitrogen and oxygen atoms in total. The molecule has 1 atom stereocenters. The molecular formula is C17H23FN4O3S. The molecule has 3 N–H and O–H groups in total. The predicted molar refractivity (Wildman–Crippen MR) is 96.8 cm³/mol. The van der Waals surface area contributed by atoms with Crippen LogP contribution in [-0.4, -0.2) is 37.4 Å². The van der Waals surface area contributed by atoms with Gasteiger partial charge in [0.15, 0.2) is 0 Å². The molecule has 3 rings (SSSR count). The molecule has 142 valence electrons. The Morgan fingerprint density at radius 2 is 2.04 bits per heavy atom. The van der Waals surface area contributed by atoms with Gasteiger partial charge in [0.05, 0.1) is 11.3 Å². The molecule has 2 fully saturated rings. The minimum absolute atomic E-state index is 0.0332. The molecule has 2 aliphatic rings.